The number of nitrogens with one attached hydrogen (secondary N) is 1. The fraction of sp³-hybridized carbons (Fsp3) is 0.591. The molecule has 0 saturated carbocycles. The van der Waals surface area contributed by atoms with Gasteiger partial charge in [0.2, 0.25) is 11.8 Å². The average molecular weight is 451 g/mol. The molecular weight excluding hydrogens is 424 g/mol. The maximum atomic E-state index is 13.5. The monoisotopic (exact) mass is 450 g/mol. The summed E-state index contributed by atoms with van der Waals surface area (Å²) in [7, 11) is 0. The summed E-state index contributed by atoms with van der Waals surface area (Å²) in [6.07, 6.45) is 1.72. The van der Waals surface area contributed by atoms with Crippen LogP contribution >= 0.6 is 11.6 Å². The molecule has 2 amide bonds. The molecular formula is C22H27ClN2O6. The van der Waals surface area contributed by atoms with Gasteiger partial charge < -0.3 is 24.8 Å². The molecule has 3 fully saturated rings. The number of nitrogens with zero attached hydrogens (tertiary/aromatic N) is 1. The molecule has 3 saturated heterocycles. The Morgan fingerprint density at radius 2 is 2.13 bits per heavy atom. The first-order valence-electron chi connectivity index (χ1n) is 10.8. The Bertz CT molecular complexity index is 879. The number of carbonyl (C=O) groups excluding carboxylic acids is 3. The van der Waals surface area contributed by atoms with Gasteiger partial charge in [-0.25, -0.2) is 0 Å². The molecule has 0 unspecified atom stereocenters. The summed E-state index contributed by atoms with van der Waals surface area (Å²) in [5.41, 5.74) is -0.616. The topological polar surface area (TPSA) is 105 Å². The van der Waals surface area contributed by atoms with Crippen LogP contribution in [0, 0.1) is 11.8 Å². The third kappa shape index (κ3) is 3.60. The lowest BCUT2D eigenvalue weighted by molar-refractivity contribution is -0.154. The Labute approximate surface area is 185 Å². The molecule has 1 aromatic carbocycles. The second kappa shape index (κ2) is 8.76. The smallest absolute Gasteiger partial charge is 0.312 e. The van der Waals surface area contributed by atoms with Gasteiger partial charge in [0.25, 0.3) is 0 Å². The summed E-state index contributed by atoms with van der Waals surface area (Å²) < 4.78 is 11.5. The predicted octanol–water partition coefficient (Wildman–Crippen LogP) is 1.99. The second-order valence-electron chi connectivity index (χ2n) is 8.24. The van der Waals surface area contributed by atoms with E-state index in [9.17, 15) is 14.4 Å². The first kappa shape index (κ1) is 22.0. The minimum atomic E-state index is -1.07. The van der Waals surface area contributed by atoms with E-state index < -0.39 is 41.5 Å². The van der Waals surface area contributed by atoms with Crippen molar-refractivity contribution in [3.05, 3.63) is 29.3 Å². The number of likely N-dealkylation sites (tertiary alicyclic amines) is 1. The Balaban J connectivity index is 1.67. The van der Waals surface area contributed by atoms with Crippen molar-refractivity contribution < 1.29 is 29.0 Å². The van der Waals surface area contributed by atoms with Crippen LogP contribution in [-0.4, -0.2) is 65.3 Å². The zero-order valence-corrected chi connectivity index (χ0v) is 18.1. The number of unbranched alkanes of at least 4 members (excludes halogenated alkanes) is 1. The van der Waals surface area contributed by atoms with Gasteiger partial charge in [0.15, 0.2) is 0 Å². The van der Waals surface area contributed by atoms with E-state index in [1.54, 1.807) is 31.2 Å². The first-order valence-corrected chi connectivity index (χ1v) is 11.1. The molecule has 31 heavy (non-hydrogen) atoms. The van der Waals surface area contributed by atoms with Crippen LogP contribution in [0.3, 0.4) is 0 Å². The van der Waals surface area contributed by atoms with Crippen molar-refractivity contribution in [2.45, 2.75) is 50.4 Å². The SMILES string of the molecule is CCOC(=O)[C@@H]1[C@H]2C(=O)N(CCCCO)[C@H](C(=O)Nc3ccccc3Cl)[C@]23CC[C@H]1O3. The van der Waals surface area contributed by atoms with Gasteiger partial charge in [0, 0.05) is 13.2 Å². The number of rotatable bonds is 8. The molecule has 168 valence electrons. The third-order valence-corrected chi connectivity index (χ3v) is 6.88. The van der Waals surface area contributed by atoms with Gasteiger partial charge >= 0.3 is 5.97 Å². The highest BCUT2D eigenvalue weighted by Crippen LogP contribution is 2.58. The van der Waals surface area contributed by atoms with Gasteiger partial charge in [-0.3, -0.25) is 14.4 Å². The lowest BCUT2D eigenvalue weighted by atomic mass is 9.71. The van der Waals surface area contributed by atoms with E-state index in [0.717, 1.165) is 0 Å². The summed E-state index contributed by atoms with van der Waals surface area (Å²) in [5, 5.41) is 12.4. The molecule has 2 N–H and O–H groups in total. The molecule has 2 bridgehead atoms. The molecule has 0 aromatic heterocycles. The van der Waals surface area contributed by atoms with E-state index in [4.69, 9.17) is 26.2 Å². The average Bonchev–Trinajstić information content (AvgIpc) is 3.38. The highest BCUT2D eigenvalue weighted by Gasteiger charge is 2.74. The maximum absolute atomic E-state index is 13.5. The Hall–Kier alpha value is -2.16. The molecule has 5 atom stereocenters. The number of anilines is 1. The number of halogens is 1. The first-order chi connectivity index (χ1) is 14.9. The summed E-state index contributed by atoms with van der Waals surface area (Å²) in [6, 6.07) is 6.00. The molecule has 1 aromatic rings. The van der Waals surface area contributed by atoms with Crippen molar-refractivity contribution in [3.63, 3.8) is 0 Å². The fourth-order valence-electron chi connectivity index (χ4n) is 5.36. The highest BCUT2D eigenvalue weighted by molar-refractivity contribution is 6.33. The molecule has 1 spiro atoms. The number of ether oxygens (including phenoxy) is 2. The lowest BCUT2D eigenvalue weighted by Gasteiger charge is -2.33. The number of hydrogen-bond acceptors (Lipinski definition) is 6. The lowest BCUT2D eigenvalue weighted by Crippen LogP contribution is -2.53. The summed E-state index contributed by atoms with van der Waals surface area (Å²) in [6.45, 7) is 2.23. The molecule has 0 radical (unpaired) electrons. The van der Waals surface area contributed by atoms with E-state index in [2.05, 4.69) is 5.32 Å². The van der Waals surface area contributed by atoms with Crippen LogP contribution in [0.15, 0.2) is 24.3 Å². The van der Waals surface area contributed by atoms with Crippen molar-refractivity contribution in [2.24, 2.45) is 11.8 Å². The normalized spacial score (nSPS) is 31.1. The number of carbonyl (C=O) groups is 3. The van der Waals surface area contributed by atoms with Gasteiger partial charge in [-0.1, -0.05) is 23.7 Å². The van der Waals surface area contributed by atoms with Crippen molar-refractivity contribution >= 4 is 35.1 Å². The number of aliphatic hydroxyl groups excluding tert-OH is 1. The molecule has 9 heteroatoms. The minimum Gasteiger partial charge on any atom is -0.466 e. The number of benzene rings is 1. The number of aliphatic hydroxyl groups is 1. The van der Waals surface area contributed by atoms with Crippen molar-refractivity contribution in [1.82, 2.24) is 4.90 Å². The third-order valence-electron chi connectivity index (χ3n) is 6.55. The number of hydrogen-bond donors (Lipinski definition) is 2. The predicted molar refractivity (Wildman–Crippen MR) is 112 cm³/mol. The van der Waals surface area contributed by atoms with Crippen LogP contribution in [-0.2, 0) is 23.9 Å². The Kier molecular flexibility index (Phi) is 6.23. The highest BCUT2D eigenvalue weighted by atomic mass is 35.5. The largest absolute Gasteiger partial charge is 0.466 e. The van der Waals surface area contributed by atoms with Crippen molar-refractivity contribution in [3.8, 4) is 0 Å². The number of para-hydroxylation sites is 1. The van der Waals surface area contributed by atoms with E-state index in [1.165, 1.54) is 4.90 Å². The van der Waals surface area contributed by atoms with Gasteiger partial charge in [0.05, 0.1) is 35.3 Å². The molecule has 4 rings (SSSR count). The van der Waals surface area contributed by atoms with Crippen molar-refractivity contribution in [2.75, 3.05) is 25.1 Å². The molecule has 3 aliphatic rings. The van der Waals surface area contributed by atoms with Crippen LogP contribution in [0.4, 0.5) is 5.69 Å². The van der Waals surface area contributed by atoms with Crippen LogP contribution in [0.25, 0.3) is 0 Å². The quantitative estimate of drug-likeness (QED) is 0.463. The molecule has 3 aliphatic heterocycles. The van der Waals surface area contributed by atoms with Crippen LogP contribution < -0.4 is 5.32 Å². The molecule has 0 aliphatic carbocycles. The Morgan fingerprint density at radius 1 is 1.35 bits per heavy atom. The second-order valence-corrected chi connectivity index (χ2v) is 8.65. The minimum absolute atomic E-state index is 0.00286. The van der Waals surface area contributed by atoms with Crippen LogP contribution in [0.2, 0.25) is 5.02 Å². The van der Waals surface area contributed by atoms with Crippen LogP contribution in [0.5, 0.6) is 0 Å². The van der Waals surface area contributed by atoms with E-state index in [0.29, 0.717) is 42.9 Å². The van der Waals surface area contributed by atoms with Gasteiger partial charge in [0.1, 0.15) is 11.6 Å². The van der Waals surface area contributed by atoms with Gasteiger partial charge in [-0.15, -0.1) is 0 Å². The maximum Gasteiger partial charge on any atom is 0.312 e. The summed E-state index contributed by atoms with van der Waals surface area (Å²) in [4.78, 5) is 41.2. The fourth-order valence-corrected chi connectivity index (χ4v) is 5.54. The number of amides is 2. The molecule has 3 heterocycles. The van der Waals surface area contributed by atoms with Gasteiger partial charge in [-0.2, -0.15) is 0 Å². The number of esters is 1. The molecule has 8 nitrogen and oxygen atoms in total. The standard InChI is InChI=1S/C22H27ClN2O6/c1-2-30-21(29)16-15-9-10-22(31-15)17(16)20(28)25(11-5-6-12-26)18(22)19(27)24-14-8-4-3-7-13(14)23/h3-4,7-8,15-18,26H,2,5-6,9-12H2,1H3,(H,24,27)/t15-,16+,17+,18-,22+/m1/s1. The van der Waals surface area contributed by atoms with E-state index >= 15 is 0 Å². The summed E-state index contributed by atoms with van der Waals surface area (Å²) >= 11 is 6.21. The van der Waals surface area contributed by atoms with E-state index in [-0.39, 0.29) is 19.1 Å². The zero-order chi connectivity index (χ0) is 22.2. The van der Waals surface area contributed by atoms with Gasteiger partial charge in [-0.05, 0) is 44.7 Å². The number of fused-ring (bicyclic) bond motifs is 1. The van der Waals surface area contributed by atoms with E-state index in [1.807, 2.05) is 0 Å². The zero-order valence-electron chi connectivity index (χ0n) is 17.4. The Morgan fingerprint density at radius 3 is 2.84 bits per heavy atom. The van der Waals surface area contributed by atoms with Crippen LogP contribution in [0.1, 0.15) is 32.6 Å². The summed E-state index contributed by atoms with van der Waals surface area (Å²) in [5.74, 6) is -2.56. The van der Waals surface area contributed by atoms with Crippen molar-refractivity contribution in [1.29, 1.82) is 0 Å².